The predicted molar refractivity (Wildman–Crippen MR) is 82.4 cm³/mol. The average Bonchev–Trinajstić information content (AvgIpc) is 2.53. The van der Waals surface area contributed by atoms with Crippen LogP contribution < -0.4 is 0 Å². The second kappa shape index (κ2) is 7.23. The maximum Gasteiger partial charge on any atom is 0.306 e. The van der Waals surface area contributed by atoms with Crippen LogP contribution >= 0.6 is 0 Å². The number of carboxylic acid groups (broad SMARTS) is 1. The molecule has 1 atom stereocenters. The summed E-state index contributed by atoms with van der Waals surface area (Å²) in [7, 11) is 3.30. The summed E-state index contributed by atoms with van der Waals surface area (Å²) in [5.41, 5.74) is 0.852. The molecule has 1 saturated heterocycles. The van der Waals surface area contributed by atoms with Gasteiger partial charge in [-0.1, -0.05) is 6.07 Å². The zero-order chi connectivity index (χ0) is 17.0. The van der Waals surface area contributed by atoms with Gasteiger partial charge in [0.2, 0.25) is 0 Å². The summed E-state index contributed by atoms with van der Waals surface area (Å²) in [6.07, 6.45) is -0.639. The predicted octanol–water partition coefficient (Wildman–Crippen LogP) is 0.704. The summed E-state index contributed by atoms with van der Waals surface area (Å²) in [6.45, 7) is 0.942. The molecule has 1 aliphatic rings. The van der Waals surface area contributed by atoms with Gasteiger partial charge in [-0.05, 0) is 18.2 Å². The number of morpholine rings is 1. The lowest BCUT2D eigenvalue weighted by atomic mass is 10.1. The lowest BCUT2D eigenvalue weighted by Gasteiger charge is -2.32. The molecule has 7 heteroatoms. The fourth-order valence-corrected chi connectivity index (χ4v) is 2.45. The molecule has 0 spiro atoms. The van der Waals surface area contributed by atoms with Crippen LogP contribution in [0.3, 0.4) is 0 Å². The zero-order valence-electron chi connectivity index (χ0n) is 13.2. The largest absolute Gasteiger partial charge is 0.481 e. The van der Waals surface area contributed by atoms with Crippen molar-refractivity contribution in [3.63, 3.8) is 0 Å². The first kappa shape index (κ1) is 17.0. The molecular weight excluding hydrogens is 300 g/mol. The first-order chi connectivity index (χ1) is 10.9. The van der Waals surface area contributed by atoms with Crippen molar-refractivity contribution >= 4 is 17.8 Å². The fraction of sp³-hybridized carbons (Fsp3) is 0.438. The minimum Gasteiger partial charge on any atom is -0.481 e. The van der Waals surface area contributed by atoms with Gasteiger partial charge in [-0.2, -0.15) is 0 Å². The van der Waals surface area contributed by atoms with Crippen molar-refractivity contribution in [3.05, 3.63) is 35.4 Å². The molecule has 1 fully saturated rings. The molecule has 0 radical (unpaired) electrons. The zero-order valence-corrected chi connectivity index (χ0v) is 13.2. The van der Waals surface area contributed by atoms with Crippen LogP contribution in [0.15, 0.2) is 24.3 Å². The average molecular weight is 320 g/mol. The monoisotopic (exact) mass is 320 g/mol. The van der Waals surface area contributed by atoms with E-state index in [4.69, 9.17) is 9.84 Å². The topological polar surface area (TPSA) is 87.2 Å². The van der Waals surface area contributed by atoms with Crippen LogP contribution in [0.1, 0.15) is 27.1 Å². The van der Waals surface area contributed by atoms with Gasteiger partial charge in [0.25, 0.3) is 11.8 Å². The Labute approximate surface area is 134 Å². The second-order valence-electron chi connectivity index (χ2n) is 5.62. The Hall–Kier alpha value is -2.41. The number of ether oxygens (including phenoxy) is 1. The number of rotatable bonds is 4. The van der Waals surface area contributed by atoms with Gasteiger partial charge >= 0.3 is 5.97 Å². The normalized spacial score (nSPS) is 17.7. The SMILES string of the molecule is CN(C)C(=O)c1cccc(C(=O)N2CCOC(CC(=O)O)C2)c1. The van der Waals surface area contributed by atoms with E-state index < -0.39 is 12.1 Å². The lowest BCUT2D eigenvalue weighted by Crippen LogP contribution is -2.46. The van der Waals surface area contributed by atoms with Crippen LogP contribution in [-0.4, -0.2) is 72.6 Å². The standard InChI is InChI=1S/C16H20N2O5/c1-17(2)15(21)11-4-3-5-12(8-11)16(22)18-6-7-23-13(10-18)9-14(19)20/h3-5,8,13H,6-7,9-10H2,1-2H3,(H,19,20). The van der Waals surface area contributed by atoms with Crippen molar-refractivity contribution in [2.75, 3.05) is 33.8 Å². The van der Waals surface area contributed by atoms with E-state index in [9.17, 15) is 14.4 Å². The maximum atomic E-state index is 12.6. The van der Waals surface area contributed by atoms with Gasteiger partial charge in [0.1, 0.15) is 0 Å². The van der Waals surface area contributed by atoms with Crippen molar-refractivity contribution in [2.24, 2.45) is 0 Å². The number of carbonyl (C=O) groups is 3. The Balaban J connectivity index is 2.12. The number of amides is 2. The third-order valence-electron chi connectivity index (χ3n) is 3.59. The number of carboxylic acids is 1. The highest BCUT2D eigenvalue weighted by atomic mass is 16.5. The molecule has 0 aromatic heterocycles. The number of benzene rings is 1. The summed E-state index contributed by atoms with van der Waals surface area (Å²) in [4.78, 5) is 38.3. The van der Waals surface area contributed by atoms with Gasteiger partial charge in [0.15, 0.2) is 0 Å². The van der Waals surface area contributed by atoms with Crippen molar-refractivity contribution in [1.29, 1.82) is 0 Å². The lowest BCUT2D eigenvalue weighted by molar-refractivity contribution is -0.141. The summed E-state index contributed by atoms with van der Waals surface area (Å²) in [5.74, 6) is -1.36. The minimum atomic E-state index is -0.956. The van der Waals surface area contributed by atoms with Crippen molar-refractivity contribution in [1.82, 2.24) is 9.80 Å². The number of aliphatic carboxylic acids is 1. The van der Waals surface area contributed by atoms with E-state index in [1.54, 1.807) is 43.3 Å². The Morgan fingerprint density at radius 3 is 2.65 bits per heavy atom. The number of hydrogen-bond acceptors (Lipinski definition) is 4. The highest BCUT2D eigenvalue weighted by Gasteiger charge is 2.27. The Morgan fingerprint density at radius 1 is 1.30 bits per heavy atom. The quantitative estimate of drug-likeness (QED) is 0.882. The van der Waals surface area contributed by atoms with E-state index >= 15 is 0 Å². The van der Waals surface area contributed by atoms with Crippen LogP contribution in [-0.2, 0) is 9.53 Å². The van der Waals surface area contributed by atoms with Crippen LogP contribution in [0.2, 0.25) is 0 Å². The van der Waals surface area contributed by atoms with E-state index in [0.717, 1.165) is 0 Å². The van der Waals surface area contributed by atoms with Crippen molar-refractivity contribution in [2.45, 2.75) is 12.5 Å². The third kappa shape index (κ3) is 4.29. The van der Waals surface area contributed by atoms with E-state index in [0.29, 0.717) is 24.3 Å². The second-order valence-corrected chi connectivity index (χ2v) is 5.62. The number of carbonyl (C=O) groups excluding carboxylic acids is 2. The van der Waals surface area contributed by atoms with Crippen LogP contribution in [0.4, 0.5) is 0 Å². The van der Waals surface area contributed by atoms with Gasteiger partial charge in [-0.3, -0.25) is 14.4 Å². The van der Waals surface area contributed by atoms with Gasteiger partial charge in [0.05, 0.1) is 19.1 Å². The van der Waals surface area contributed by atoms with E-state index in [2.05, 4.69) is 0 Å². The first-order valence-corrected chi connectivity index (χ1v) is 7.33. The number of nitrogens with zero attached hydrogens (tertiary/aromatic N) is 2. The molecule has 0 aliphatic carbocycles. The van der Waals surface area contributed by atoms with Crippen LogP contribution in [0.25, 0.3) is 0 Å². The molecule has 0 saturated carbocycles. The third-order valence-corrected chi connectivity index (χ3v) is 3.59. The molecule has 1 unspecified atom stereocenters. The smallest absolute Gasteiger partial charge is 0.306 e. The molecule has 124 valence electrons. The summed E-state index contributed by atoms with van der Waals surface area (Å²) >= 11 is 0. The van der Waals surface area contributed by atoms with Crippen LogP contribution in [0.5, 0.6) is 0 Å². The van der Waals surface area contributed by atoms with Crippen molar-refractivity contribution < 1.29 is 24.2 Å². The maximum absolute atomic E-state index is 12.6. The first-order valence-electron chi connectivity index (χ1n) is 7.33. The summed E-state index contributed by atoms with van der Waals surface area (Å²) in [6, 6.07) is 6.54. The number of hydrogen-bond donors (Lipinski definition) is 1. The van der Waals surface area contributed by atoms with E-state index in [1.165, 1.54) is 4.90 Å². The molecule has 1 aromatic rings. The van der Waals surface area contributed by atoms with E-state index in [-0.39, 0.29) is 24.8 Å². The summed E-state index contributed by atoms with van der Waals surface area (Å²) < 4.78 is 5.36. The Morgan fingerprint density at radius 2 is 2.00 bits per heavy atom. The molecule has 2 rings (SSSR count). The van der Waals surface area contributed by atoms with E-state index in [1.807, 2.05) is 0 Å². The Bertz CT molecular complexity index is 614. The van der Waals surface area contributed by atoms with Gasteiger partial charge in [-0.25, -0.2) is 0 Å². The molecule has 1 aliphatic heterocycles. The summed E-state index contributed by atoms with van der Waals surface area (Å²) in [5, 5.41) is 8.83. The van der Waals surface area contributed by atoms with Crippen LogP contribution in [0, 0.1) is 0 Å². The molecule has 2 amide bonds. The molecule has 23 heavy (non-hydrogen) atoms. The Kier molecular flexibility index (Phi) is 5.33. The molecule has 7 nitrogen and oxygen atoms in total. The van der Waals surface area contributed by atoms with Gasteiger partial charge in [0, 0.05) is 38.3 Å². The van der Waals surface area contributed by atoms with Crippen molar-refractivity contribution in [3.8, 4) is 0 Å². The molecule has 0 bridgehead atoms. The molecule has 1 aromatic carbocycles. The fourth-order valence-electron chi connectivity index (χ4n) is 2.45. The highest BCUT2D eigenvalue weighted by Crippen LogP contribution is 2.14. The minimum absolute atomic E-state index is 0.136. The highest BCUT2D eigenvalue weighted by molar-refractivity contribution is 5.99. The van der Waals surface area contributed by atoms with Gasteiger partial charge < -0.3 is 19.6 Å². The molecule has 1 N–H and O–H groups in total. The molecule has 1 heterocycles. The molecular formula is C16H20N2O5. The van der Waals surface area contributed by atoms with Gasteiger partial charge in [-0.15, -0.1) is 0 Å².